The Morgan fingerprint density at radius 1 is 1.12 bits per heavy atom. The van der Waals surface area contributed by atoms with E-state index in [1.54, 1.807) is 7.11 Å². The topological polar surface area (TPSA) is 63.7 Å². The van der Waals surface area contributed by atoms with Gasteiger partial charge in [0.25, 0.3) is 0 Å². The van der Waals surface area contributed by atoms with E-state index in [1.807, 2.05) is 3.85 Å². The molecule has 3 saturated carbocycles. The first-order valence-corrected chi connectivity index (χ1v) is 16.0. The van der Waals surface area contributed by atoms with Crippen molar-refractivity contribution >= 4 is 33.8 Å². The van der Waals surface area contributed by atoms with Gasteiger partial charge in [0, 0.05) is 13.0 Å². The SMILES string of the molecule is CCC/C(=C\C(C)(C)[C@H](C)CS(=O)(=O)N(PC1CC1)PC1CC1)[C@H](OC)[C@@H]1CC[C@H]1C=O. The molecule has 184 valence electrons. The average molecular weight is 504 g/mol. The van der Waals surface area contributed by atoms with Crippen molar-refractivity contribution in [2.24, 2.45) is 23.2 Å². The molecule has 0 aliphatic heterocycles. The molecule has 2 unspecified atom stereocenters. The number of carbonyl (C=O) groups excluding carboxylic acids is 1. The zero-order valence-corrected chi connectivity index (χ0v) is 23.3. The van der Waals surface area contributed by atoms with Crippen LogP contribution in [-0.4, -0.2) is 48.8 Å². The largest absolute Gasteiger partial charge is 0.377 e. The van der Waals surface area contributed by atoms with E-state index in [2.05, 4.69) is 33.8 Å². The Kier molecular flexibility index (Phi) is 9.40. The summed E-state index contributed by atoms with van der Waals surface area (Å²) in [4.78, 5) is 11.4. The van der Waals surface area contributed by atoms with Crippen LogP contribution < -0.4 is 0 Å². The average Bonchev–Trinajstić information content (AvgIpc) is 3.60. The number of ether oxygens (including phenoxy) is 1. The van der Waals surface area contributed by atoms with Gasteiger partial charge in [0.2, 0.25) is 10.0 Å². The van der Waals surface area contributed by atoms with Crippen LogP contribution in [0.15, 0.2) is 11.6 Å². The second kappa shape index (κ2) is 11.3. The second-order valence-corrected chi connectivity index (χ2v) is 16.7. The molecule has 0 radical (unpaired) electrons. The number of aldehydes is 1. The molecule has 3 fully saturated rings. The van der Waals surface area contributed by atoms with Crippen molar-refractivity contribution in [1.82, 2.24) is 3.85 Å². The Balaban J connectivity index is 1.73. The first kappa shape index (κ1) is 26.7. The zero-order chi connectivity index (χ0) is 23.5. The van der Waals surface area contributed by atoms with E-state index in [0.717, 1.165) is 32.0 Å². The first-order valence-electron chi connectivity index (χ1n) is 12.4. The monoisotopic (exact) mass is 503 g/mol. The predicted octanol–water partition coefficient (Wildman–Crippen LogP) is 5.76. The molecule has 0 amide bonds. The maximum Gasteiger partial charge on any atom is 0.220 e. The summed E-state index contributed by atoms with van der Waals surface area (Å²) in [5, 5.41) is 0. The minimum Gasteiger partial charge on any atom is -0.377 e. The van der Waals surface area contributed by atoms with Gasteiger partial charge in [-0.15, -0.1) is 0 Å². The predicted molar refractivity (Wildman–Crippen MR) is 137 cm³/mol. The highest BCUT2D eigenvalue weighted by atomic mass is 32.2. The maximum atomic E-state index is 13.4. The summed E-state index contributed by atoms with van der Waals surface area (Å²) < 4.78 is 34.6. The molecule has 0 heterocycles. The molecule has 8 heteroatoms. The highest BCUT2D eigenvalue weighted by Crippen LogP contribution is 2.54. The van der Waals surface area contributed by atoms with Crippen LogP contribution in [0, 0.1) is 23.2 Å². The van der Waals surface area contributed by atoms with Crippen molar-refractivity contribution < 1.29 is 17.9 Å². The lowest BCUT2D eigenvalue weighted by atomic mass is 9.68. The van der Waals surface area contributed by atoms with Gasteiger partial charge in [-0.3, -0.25) is 0 Å². The summed E-state index contributed by atoms with van der Waals surface area (Å²) in [6.45, 7) is 8.55. The third kappa shape index (κ3) is 7.08. The fourth-order valence-electron chi connectivity index (χ4n) is 4.46. The van der Waals surface area contributed by atoms with Crippen LogP contribution in [0.3, 0.4) is 0 Å². The number of sulfonamides is 1. The smallest absolute Gasteiger partial charge is 0.220 e. The Labute approximate surface area is 199 Å². The van der Waals surface area contributed by atoms with E-state index in [-0.39, 0.29) is 35.0 Å². The Morgan fingerprint density at radius 3 is 2.12 bits per heavy atom. The minimum atomic E-state index is -3.26. The fourth-order valence-corrected chi connectivity index (χ4v) is 11.2. The van der Waals surface area contributed by atoms with Gasteiger partial charge in [0.1, 0.15) is 6.29 Å². The zero-order valence-electron chi connectivity index (χ0n) is 20.5. The van der Waals surface area contributed by atoms with E-state index in [4.69, 9.17) is 4.74 Å². The van der Waals surface area contributed by atoms with Gasteiger partial charge in [-0.1, -0.05) is 40.2 Å². The molecule has 3 aliphatic carbocycles. The standard InChI is InChI=1S/C24H43NO4P2S/c1-6-7-18(23(29-5)22-13-8-19(22)15-26)14-24(3,4)17(2)16-32(27,28)25(30-20-9-10-20)31-21-11-12-21/h14-15,17,19-23,30-31H,6-13,16H2,1-5H3/b18-14+/t17-,19+,22-,23+/m1/s1. The molecule has 3 rings (SSSR count). The lowest BCUT2D eigenvalue weighted by Crippen LogP contribution is -2.40. The Morgan fingerprint density at radius 2 is 1.72 bits per heavy atom. The van der Waals surface area contributed by atoms with Gasteiger partial charge in [-0.05, 0) is 96.6 Å². The van der Waals surface area contributed by atoms with E-state index < -0.39 is 10.0 Å². The molecule has 0 spiro atoms. The lowest BCUT2D eigenvalue weighted by Gasteiger charge is -2.40. The number of nitrogens with zero attached hydrogens (tertiary/aromatic N) is 1. The highest BCUT2D eigenvalue weighted by molar-refractivity contribution is 7.97. The Bertz CT molecular complexity index is 763. The van der Waals surface area contributed by atoms with Crippen LogP contribution in [0.1, 0.15) is 79.1 Å². The van der Waals surface area contributed by atoms with Gasteiger partial charge in [-0.25, -0.2) is 8.42 Å². The van der Waals surface area contributed by atoms with Crippen molar-refractivity contribution in [2.45, 2.75) is 96.5 Å². The van der Waals surface area contributed by atoms with E-state index in [1.165, 1.54) is 31.3 Å². The van der Waals surface area contributed by atoms with Crippen molar-refractivity contribution in [1.29, 1.82) is 0 Å². The molecule has 0 N–H and O–H groups in total. The molecule has 3 aliphatic rings. The summed E-state index contributed by atoms with van der Waals surface area (Å²) in [6.07, 6.45) is 11.9. The van der Waals surface area contributed by atoms with Crippen LogP contribution >= 0.6 is 17.5 Å². The fraction of sp³-hybridized carbons (Fsp3) is 0.875. The van der Waals surface area contributed by atoms with Crippen molar-refractivity contribution in [2.75, 3.05) is 12.9 Å². The quantitative estimate of drug-likeness (QED) is 0.162. The van der Waals surface area contributed by atoms with Gasteiger partial charge in [0.05, 0.1) is 11.9 Å². The number of allylic oxidation sites excluding steroid dienone is 1. The summed E-state index contributed by atoms with van der Waals surface area (Å²) in [5.41, 5.74) is 2.17. The third-order valence-corrected chi connectivity index (χ3v) is 14.3. The molecule has 0 aromatic heterocycles. The number of carbonyl (C=O) groups is 1. The van der Waals surface area contributed by atoms with Crippen LogP contribution in [-0.2, 0) is 19.6 Å². The van der Waals surface area contributed by atoms with Crippen LogP contribution in [0.25, 0.3) is 0 Å². The van der Waals surface area contributed by atoms with Crippen molar-refractivity contribution in [3.63, 3.8) is 0 Å². The molecule has 0 aromatic carbocycles. The molecule has 5 nitrogen and oxygen atoms in total. The molecular weight excluding hydrogens is 460 g/mol. The van der Waals surface area contributed by atoms with Crippen LogP contribution in [0.2, 0.25) is 0 Å². The number of hydrogen-bond donors (Lipinski definition) is 0. The number of methoxy groups -OCH3 is 1. The van der Waals surface area contributed by atoms with Gasteiger partial charge >= 0.3 is 0 Å². The third-order valence-electron chi connectivity index (χ3n) is 7.43. The highest BCUT2D eigenvalue weighted by Gasteiger charge is 2.41. The number of hydrogen-bond acceptors (Lipinski definition) is 4. The van der Waals surface area contributed by atoms with Gasteiger partial charge in [0.15, 0.2) is 0 Å². The van der Waals surface area contributed by atoms with Crippen molar-refractivity contribution in [3.8, 4) is 0 Å². The maximum absolute atomic E-state index is 13.4. The summed E-state index contributed by atoms with van der Waals surface area (Å²) in [5.74, 6) is 0.533. The second-order valence-electron chi connectivity index (χ2n) is 10.7. The molecular formula is C24H43NO4P2S. The molecule has 0 aromatic rings. The van der Waals surface area contributed by atoms with Crippen LogP contribution in [0.5, 0.6) is 0 Å². The van der Waals surface area contributed by atoms with E-state index in [0.29, 0.717) is 28.8 Å². The molecule has 0 bridgehead atoms. The van der Waals surface area contributed by atoms with Gasteiger partial charge < -0.3 is 9.53 Å². The summed E-state index contributed by atoms with van der Waals surface area (Å²) in [7, 11) is -0.639. The summed E-state index contributed by atoms with van der Waals surface area (Å²) in [6, 6.07) is 0. The minimum absolute atomic E-state index is 0.00405. The summed E-state index contributed by atoms with van der Waals surface area (Å²) >= 11 is 0. The van der Waals surface area contributed by atoms with E-state index >= 15 is 0 Å². The van der Waals surface area contributed by atoms with Crippen molar-refractivity contribution in [3.05, 3.63) is 11.6 Å². The first-order chi connectivity index (χ1) is 15.1. The van der Waals surface area contributed by atoms with E-state index in [9.17, 15) is 13.2 Å². The molecule has 6 atom stereocenters. The van der Waals surface area contributed by atoms with Gasteiger partial charge in [-0.2, -0.15) is 3.85 Å². The normalized spacial score (nSPS) is 27.4. The lowest BCUT2D eigenvalue weighted by molar-refractivity contribution is -0.118. The Hall–Kier alpha value is 0.140. The number of rotatable bonds is 15. The van der Waals surface area contributed by atoms with Crippen LogP contribution in [0.4, 0.5) is 0 Å². The molecule has 32 heavy (non-hydrogen) atoms. The molecule has 0 saturated heterocycles.